The van der Waals surface area contributed by atoms with Gasteiger partial charge in [0.2, 0.25) is 11.8 Å². The Morgan fingerprint density at radius 2 is 1.68 bits per heavy atom. The average molecular weight is 470 g/mol. The number of rotatable bonds is 5. The van der Waals surface area contributed by atoms with Gasteiger partial charge in [-0.05, 0) is 58.0 Å². The molecule has 3 heterocycles. The summed E-state index contributed by atoms with van der Waals surface area (Å²) in [4.78, 5) is 49.5. The summed E-state index contributed by atoms with van der Waals surface area (Å²) in [5, 5.41) is 0. The number of likely N-dealkylation sites (tertiary alicyclic amines) is 2. The van der Waals surface area contributed by atoms with Gasteiger partial charge in [0.15, 0.2) is 0 Å². The van der Waals surface area contributed by atoms with Gasteiger partial charge in [0.05, 0.1) is 6.67 Å². The molecule has 1 aromatic carbocycles. The maximum atomic E-state index is 13.9. The first-order valence-electron chi connectivity index (χ1n) is 12.6. The predicted molar refractivity (Wildman–Crippen MR) is 132 cm³/mol. The molecule has 3 aliphatic heterocycles. The number of hydrogen-bond acceptors (Lipinski definition) is 5. The van der Waals surface area contributed by atoms with Crippen molar-refractivity contribution in [2.24, 2.45) is 5.92 Å². The smallest absolute Gasteiger partial charge is 0.250 e. The van der Waals surface area contributed by atoms with Crippen molar-refractivity contribution in [2.45, 2.75) is 51.1 Å². The first-order valence-corrected chi connectivity index (χ1v) is 12.6. The fraction of sp³-hybridized carbons (Fsp3) is 0.654. The van der Waals surface area contributed by atoms with E-state index in [9.17, 15) is 14.4 Å². The molecule has 3 fully saturated rings. The first-order chi connectivity index (χ1) is 16.2. The van der Waals surface area contributed by atoms with Crippen LogP contribution in [-0.4, -0.2) is 102 Å². The van der Waals surface area contributed by atoms with Crippen molar-refractivity contribution in [3.8, 4) is 0 Å². The van der Waals surface area contributed by atoms with Gasteiger partial charge < -0.3 is 24.5 Å². The zero-order valence-corrected chi connectivity index (χ0v) is 21.1. The Labute approximate surface area is 203 Å². The quantitative estimate of drug-likeness (QED) is 0.659. The Bertz CT molecular complexity index is 889. The number of benzene rings is 1. The van der Waals surface area contributed by atoms with Crippen LogP contribution in [0.2, 0.25) is 0 Å². The van der Waals surface area contributed by atoms with Crippen molar-refractivity contribution < 1.29 is 14.4 Å². The van der Waals surface area contributed by atoms with E-state index in [1.165, 1.54) is 0 Å². The summed E-state index contributed by atoms with van der Waals surface area (Å²) in [6, 6.07) is 10.2. The Hall–Kier alpha value is -2.61. The normalized spacial score (nSPS) is 21.6. The van der Waals surface area contributed by atoms with Gasteiger partial charge in [-0.25, -0.2) is 0 Å². The lowest BCUT2D eigenvalue weighted by Gasteiger charge is -2.43. The lowest BCUT2D eigenvalue weighted by molar-refractivity contribution is -0.143. The van der Waals surface area contributed by atoms with E-state index in [4.69, 9.17) is 0 Å². The average Bonchev–Trinajstić information content (AvgIpc) is 3.10. The SMILES string of the molecule is CC(C)C(=O)N1CCC2(CC1)C(=O)N(CC(=O)N(C)C1CCN(C)CC1)CN2c1ccccc1. The van der Waals surface area contributed by atoms with Crippen molar-refractivity contribution in [1.82, 2.24) is 19.6 Å². The molecular weight excluding hydrogens is 430 g/mol. The molecule has 0 radical (unpaired) electrons. The molecule has 1 aromatic rings. The Balaban J connectivity index is 1.50. The molecule has 8 nitrogen and oxygen atoms in total. The second-order valence-corrected chi connectivity index (χ2v) is 10.5. The molecule has 3 saturated heterocycles. The van der Waals surface area contributed by atoms with Crippen molar-refractivity contribution >= 4 is 23.4 Å². The largest absolute Gasteiger partial charge is 0.342 e. The van der Waals surface area contributed by atoms with E-state index in [0.29, 0.717) is 32.6 Å². The number of para-hydroxylation sites is 1. The molecule has 4 rings (SSSR count). The van der Waals surface area contributed by atoms with Crippen LogP contribution in [0.4, 0.5) is 5.69 Å². The number of likely N-dealkylation sites (N-methyl/N-ethyl adjacent to an activating group) is 1. The van der Waals surface area contributed by atoms with Gasteiger partial charge >= 0.3 is 0 Å². The van der Waals surface area contributed by atoms with Gasteiger partial charge in [0.1, 0.15) is 12.1 Å². The molecule has 0 aliphatic carbocycles. The number of nitrogens with zero attached hydrogens (tertiary/aromatic N) is 5. The zero-order chi connectivity index (χ0) is 24.5. The fourth-order valence-corrected chi connectivity index (χ4v) is 5.65. The van der Waals surface area contributed by atoms with Gasteiger partial charge in [-0.2, -0.15) is 0 Å². The van der Waals surface area contributed by atoms with E-state index in [0.717, 1.165) is 31.6 Å². The number of amides is 3. The van der Waals surface area contributed by atoms with E-state index >= 15 is 0 Å². The molecule has 3 aliphatic rings. The number of carbonyl (C=O) groups is 3. The fourth-order valence-electron chi connectivity index (χ4n) is 5.65. The first kappa shape index (κ1) is 24.5. The standard InChI is InChI=1S/C26H39N5O3/c1-20(2)24(33)29-16-12-26(13-17-29)25(34)30(19-31(26)22-8-6-5-7-9-22)18-23(32)28(4)21-10-14-27(3)15-11-21/h5-9,20-21H,10-19H2,1-4H3. The van der Waals surface area contributed by atoms with Crippen LogP contribution in [0.1, 0.15) is 39.5 Å². The van der Waals surface area contributed by atoms with Crippen LogP contribution in [0.5, 0.6) is 0 Å². The van der Waals surface area contributed by atoms with Crippen LogP contribution in [0, 0.1) is 5.92 Å². The summed E-state index contributed by atoms with van der Waals surface area (Å²) in [5.74, 6) is 0.0969. The number of carbonyl (C=O) groups excluding carboxylic acids is 3. The number of piperidine rings is 2. The summed E-state index contributed by atoms with van der Waals surface area (Å²) >= 11 is 0. The van der Waals surface area contributed by atoms with E-state index < -0.39 is 5.54 Å². The molecule has 34 heavy (non-hydrogen) atoms. The van der Waals surface area contributed by atoms with Crippen molar-refractivity contribution in [1.29, 1.82) is 0 Å². The second-order valence-electron chi connectivity index (χ2n) is 10.5. The van der Waals surface area contributed by atoms with E-state index in [-0.39, 0.29) is 36.2 Å². The predicted octanol–water partition coefficient (Wildman–Crippen LogP) is 1.86. The third kappa shape index (κ3) is 4.65. The second kappa shape index (κ2) is 9.94. The van der Waals surface area contributed by atoms with Crippen molar-refractivity contribution in [3.05, 3.63) is 30.3 Å². The van der Waals surface area contributed by atoms with E-state index in [1.54, 1.807) is 4.90 Å². The highest BCUT2D eigenvalue weighted by atomic mass is 16.2. The van der Waals surface area contributed by atoms with Crippen molar-refractivity contribution in [3.63, 3.8) is 0 Å². The molecule has 0 bridgehead atoms. The molecule has 0 aromatic heterocycles. The summed E-state index contributed by atoms with van der Waals surface area (Å²) in [6.45, 7) is 7.42. The third-order valence-corrected chi connectivity index (χ3v) is 7.93. The highest BCUT2D eigenvalue weighted by molar-refractivity contribution is 5.96. The molecule has 0 N–H and O–H groups in total. The maximum Gasteiger partial charge on any atom is 0.250 e. The molecule has 186 valence electrons. The molecule has 3 amide bonds. The molecular formula is C26H39N5O3. The molecule has 8 heteroatoms. The summed E-state index contributed by atoms with van der Waals surface area (Å²) < 4.78 is 0. The van der Waals surface area contributed by atoms with Gasteiger partial charge in [0.25, 0.3) is 5.91 Å². The molecule has 1 spiro atoms. The minimum absolute atomic E-state index is 0.000358. The van der Waals surface area contributed by atoms with Crippen LogP contribution >= 0.6 is 0 Å². The number of hydrogen-bond donors (Lipinski definition) is 0. The molecule has 0 saturated carbocycles. The molecule has 0 unspecified atom stereocenters. The Morgan fingerprint density at radius 1 is 1.06 bits per heavy atom. The van der Waals surface area contributed by atoms with E-state index in [2.05, 4.69) is 16.8 Å². The summed E-state index contributed by atoms with van der Waals surface area (Å²) in [6.07, 6.45) is 3.09. The van der Waals surface area contributed by atoms with Crippen LogP contribution in [0.3, 0.4) is 0 Å². The van der Waals surface area contributed by atoms with Gasteiger partial charge in [-0.15, -0.1) is 0 Å². The van der Waals surface area contributed by atoms with Crippen molar-refractivity contribution in [2.75, 3.05) is 58.4 Å². The summed E-state index contributed by atoms with van der Waals surface area (Å²) in [7, 11) is 3.98. The minimum atomic E-state index is -0.707. The third-order valence-electron chi connectivity index (χ3n) is 7.93. The topological polar surface area (TPSA) is 67.4 Å². The highest BCUT2D eigenvalue weighted by Gasteiger charge is 2.54. The lowest BCUT2D eigenvalue weighted by atomic mass is 9.85. The van der Waals surface area contributed by atoms with E-state index in [1.807, 2.05) is 61.0 Å². The van der Waals surface area contributed by atoms with Gasteiger partial charge in [-0.1, -0.05) is 32.0 Å². The Morgan fingerprint density at radius 3 is 2.26 bits per heavy atom. The van der Waals surface area contributed by atoms with Crippen LogP contribution in [0.25, 0.3) is 0 Å². The van der Waals surface area contributed by atoms with Crippen LogP contribution < -0.4 is 4.90 Å². The summed E-state index contributed by atoms with van der Waals surface area (Å²) in [5.41, 5.74) is 0.278. The maximum absolute atomic E-state index is 13.9. The minimum Gasteiger partial charge on any atom is -0.342 e. The number of anilines is 1. The van der Waals surface area contributed by atoms with Crippen LogP contribution in [-0.2, 0) is 14.4 Å². The van der Waals surface area contributed by atoms with Crippen LogP contribution in [0.15, 0.2) is 30.3 Å². The highest BCUT2D eigenvalue weighted by Crippen LogP contribution is 2.39. The Kier molecular flexibility index (Phi) is 7.17. The van der Waals surface area contributed by atoms with Gasteiger partial charge in [0, 0.05) is 37.8 Å². The monoisotopic (exact) mass is 469 g/mol. The zero-order valence-electron chi connectivity index (χ0n) is 21.1. The van der Waals surface area contributed by atoms with Gasteiger partial charge in [-0.3, -0.25) is 14.4 Å². The lowest BCUT2D eigenvalue weighted by Crippen LogP contribution is -2.58. The molecule has 0 atom stereocenters.